The third-order valence-electron chi connectivity index (χ3n) is 3.13. The molecule has 1 N–H and O–H groups in total. The Morgan fingerprint density at radius 1 is 1.05 bits per heavy atom. The molecule has 0 aliphatic heterocycles. The summed E-state index contributed by atoms with van der Waals surface area (Å²) in [6.07, 6.45) is 0. The summed E-state index contributed by atoms with van der Waals surface area (Å²) in [6.45, 7) is 4.20. The molecule has 0 aromatic heterocycles. The molecule has 1 atom stereocenters. The lowest BCUT2D eigenvalue weighted by molar-refractivity contribution is 0.652. The average Bonchev–Trinajstić information content (AvgIpc) is 2.41. The number of halogens is 1. The first-order valence-electron chi connectivity index (χ1n) is 6.31. The largest absolute Gasteiger partial charge is 0.313 e. The Kier molecular flexibility index (Phi) is 4.92. The highest BCUT2D eigenvalue weighted by Crippen LogP contribution is 2.32. The number of benzene rings is 2. The van der Waals surface area contributed by atoms with Crippen LogP contribution in [0, 0.1) is 6.92 Å². The van der Waals surface area contributed by atoms with Crippen LogP contribution in [0.1, 0.15) is 24.1 Å². The summed E-state index contributed by atoms with van der Waals surface area (Å²) >= 11 is 8.07. The number of nitrogens with one attached hydrogen (secondary N) is 1. The van der Waals surface area contributed by atoms with Gasteiger partial charge in [-0.1, -0.05) is 47.1 Å². The fraction of sp³-hybridized carbons (Fsp3) is 0.250. The lowest BCUT2D eigenvalue weighted by atomic mass is 10.1. The molecule has 1 nitrogen and oxygen atoms in total. The minimum absolute atomic E-state index is 0.269. The SMILES string of the molecule is CNC(C)c1ccc(Sc2ccc(C)cc2)cc1Cl. The van der Waals surface area contributed by atoms with Crippen molar-refractivity contribution in [3.8, 4) is 0 Å². The van der Waals surface area contributed by atoms with Gasteiger partial charge in [0.15, 0.2) is 0 Å². The summed E-state index contributed by atoms with van der Waals surface area (Å²) in [4.78, 5) is 2.40. The highest BCUT2D eigenvalue weighted by atomic mass is 35.5. The van der Waals surface area contributed by atoms with Crippen molar-refractivity contribution in [3.63, 3.8) is 0 Å². The van der Waals surface area contributed by atoms with Crippen molar-refractivity contribution in [2.45, 2.75) is 29.7 Å². The minimum atomic E-state index is 0.269. The highest BCUT2D eigenvalue weighted by Gasteiger charge is 2.08. The normalized spacial score (nSPS) is 12.4. The maximum absolute atomic E-state index is 6.34. The standard InChI is InChI=1S/C16H18ClNS/c1-11-4-6-13(7-5-11)19-14-8-9-15(12(2)18-3)16(17)10-14/h4-10,12,18H,1-3H3. The molecule has 0 aliphatic rings. The van der Waals surface area contributed by atoms with Gasteiger partial charge in [-0.25, -0.2) is 0 Å². The topological polar surface area (TPSA) is 12.0 Å². The van der Waals surface area contributed by atoms with Gasteiger partial charge in [0.2, 0.25) is 0 Å². The Hall–Kier alpha value is -0.960. The van der Waals surface area contributed by atoms with E-state index in [0.29, 0.717) is 0 Å². The summed E-state index contributed by atoms with van der Waals surface area (Å²) in [5.74, 6) is 0. The molecule has 0 amide bonds. The molecule has 2 aromatic rings. The monoisotopic (exact) mass is 291 g/mol. The number of hydrogen-bond donors (Lipinski definition) is 1. The zero-order valence-corrected chi connectivity index (χ0v) is 13.0. The van der Waals surface area contributed by atoms with E-state index in [1.54, 1.807) is 11.8 Å². The quantitative estimate of drug-likeness (QED) is 0.843. The molecule has 0 spiro atoms. The van der Waals surface area contributed by atoms with E-state index >= 15 is 0 Å². The van der Waals surface area contributed by atoms with E-state index in [1.165, 1.54) is 15.4 Å². The van der Waals surface area contributed by atoms with Crippen LogP contribution in [0.4, 0.5) is 0 Å². The Labute approximate surface area is 124 Å². The summed E-state index contributed by atoms with van der Waals surface area (Å²) in [5, 5.41) is 4.02. The molecule has 2 aromatic carbocycles. The van der Waals surface area contributed by atoms with Gasteiger partial charge in [0.25, 0.3) is 0 Å². The lowest BCUT2D eigenvalue weighted by Crippen LogP contribution is -2.12. The molecular weight excluding hydrogens is 274 g/mol. The summed E-state index contributed by atoms with van der Waals surface area (Å²) in [5.41, 5.74) is 2.41. The zero-order chi connectivity index (χ0) is 13.8. The Morgan fingerprint density at radius 2 is 1.68 bits per heavy atom. The van der Waals surface area contributed by atoms with Gasteiger partial charge in [-0.05, 0) is 50.7 Å². The first kappa shape index (κ1) is 14.4. The van der Waals surface area contributed by atoms with Gasteiger partial charge in [-0.15, -0.1) is 0 Å². The molecule has 0 aliphatic carbocycles. The van der Waals surface area contributed by atoms with Crippen LogP contribution in [-0.4, -0.2) is 7.05 Å². The molecule has 0 radical (unpaired) electrons. The second-order valence-electron chi connectivity index (χ2n) is 4.61. The average molecular weight is 292 g/mol. The molecular formula is C16H18ClNS. The van der Waals surface area contributed by atoms with Crippen molar-refractivity contribution in [1.29, 1.82) is 0 Å². The minimum Gasteiger partial charge on any atom is -0.313 e. The van der Waals surface area contributed by atoms with E-state index in [9.17, 15) is 0 Å². The molecule has 0 saturated heterocycles. The van der Waals surface area contributed by atoms with E-state index in [4.69, 9.17) is 11.6 Å². The molecule has 0 saturated carbocycles. The summed E-state index contributed by atoms with van der Waals surface area (Å²) < 4.78 is 0. The predicted octanol–water partition coefficient (Wildman–Crippen LogP) is 5.08. The van der Waals surface area contributed by atoms with Crippen LogP contribution in [0.3, 0.4) is 0 Å². The Balaban J connectivity index is 2.18. The first-order valence-corrected chi connectivity index (χ1v) is 7.51. The second-order valence-corrected chi connectivity index (χ2v) is 6.16. The van der Waals surface area contributed by atoms with Crippen molar-refractivity contribution in [1.82, 2.24) is 5.32 Å². The van der Waals surface area contributed by atoms with Crippen LogP contribution in [0.15, 0.2) is 52.3 Å². The summed E-state index contributed by atoms with van der Waals surface area (Å²) in [6, 6.07) is 15.1. The van der Waals surface area contributed by atoms with Gasteiger partial charge in [0.1, 0.15) is 0 Å². The molecule has 1 unspecified atom stereocenters. The van der Waals surface area contributed by atoms with Crippen molar-refractivity contribution < 1.29 is 0 Å². The van der Waals surface area contributed by atoms with E-state index in [-0.39, 0.29) is 6.04 Å². The lowest BCUT2D eigenvalue weighted by Gasteiger charge is -2.13. The highest BCUT2D eigenvalue weighted by molar-refractivity contribution is 7.99. The van der Waals surface area contributed by atoms with Crippen LogP contribution in [0.25, 0.3) is 0 Å². The predicted molar refractivity (Wildman–Crippen MR) is 84.2 cm³/mol. The van der Waals surface area contributed by atoms with E-state index in [0.717, 1.165) is 10.6 Å². The fourth-order valence-corrected chi connectivity index (χ4v) is 3.09. The van der Waals surface area contributed by atoms with Gasteiger partial charge in [-0.2, -0.15) is 0 Å². The molecule has 100 valence electrons. The van der Waals surface area contributed by atoms with E-state index in [2.05, 4.69) is 55.6 Å². The van der Waals surface area contributed by atoms with Crippen LogP contribution < -0.4 is 5.32 Å². The Morgan fingerprint density at radius 3 is 2.26 bits per heavy atom. The van der Waals surface area contributed by atoms with Crippen molar-refractivity contribution >= 4 is 23.4 Å². The molecule has 3 heteroatoms. The molecule has 0 bridgehead atoms. The van der Waals surface area contributed by atoms with E-state index in [1.807, 2.05) is 13.1 Å². The van der Waals surface area contributed by atoms with Gasteiger partial charge < -0.3 is 5.32 Å². The van der Waals surface area contributed by atoms with E-state index < -0.39 is 0 Å². The van der Waals surface area contributed by atoms with Crippen LogP contribution >= 0.6 is 23.4 Å². The second kappa shape index (κ2) is 6.47. The van der Waals surface area contributed by atoms with Crippen LogP contribution in [0.5, 0.6) is 0 Å². The Bertz CT molecular complexity index is 551. The molecule has 19 heavy (non-hydrogen) atoms. The maximum atomic E-state index is 6.34. The smallest absolute Gasteiger partial charge is 0.0464 e. The zero-order valence-electron chi connectivity index (χ0n) is 11.4. The number of hydrogen-bond acceptors (Lipinski definition) is 2. The van der Waals surface area contributed by atoms with Gasteiger partial charge >= 0.3 is 0 Å². The molecule has 0 fully saturated rings. The van der Waals surface area contributed by atoms with Crippen molar-refractivity contribution in [2.75, 3.05) is 7.05 Å². The van der Waals surface area contributed by atoms with Crippen LogP contribution in [-0.2, 0) is 0 Å². The maximum Gasteiger partial charge on any atom is 0.0464 e. The number of rotatable bonds is 4. The van der Waals surface area contributed by atoms with Crippen LogP contribution in [0.2, 0.25) is 5.02 Å². The molecule has 2 rings (SSSR count). The first-order chi connectivity index (χ1) is 9.10. The third-order valence-corrected chi connectivity index (χ3v) is 4.45. The third kappa shape index (κ3) is 3.75. The van der Waals surface area contributed by atoms with Gasteiger partial charge in [-0.3, -0.25) is 0 Å². The fourth-order valence-electron chi connectivity index (χ4n) is 1.82. The van der Waals surface area contributed by atoms with Gasteiger partial charge in [0.05, 0.1) is 0 Å². The van der Waals surface area contributed by atoms with Gasteiger partial charge in [0, 0.05) is 20.9 Å². The molecule has 0 heterocycles. The number of aryl methyl sites for hydroxylation is 1. The van der Waals surface area contributed by atoms with Crippen molar-refractivity contribution in [2.24, 2.45) is 0 Å². The summed E-state index contributed by atoms with van der Waals surface area (Å²) in [7, 11) is 1.94. The van der Waals surface area contributed by atoms with Crippen molar-refractivity contribution in [3.05, 3.63) is 58.6 Å².